The number of nitrogens with zero attached hydrogens (tertiary/aromatic N) is 7. The molecule has 14 nitrogen and oxygen atoms in total. The fraction of sp³-hybridized carbons (Fsp3) is 0.556. The number of amides is 3. The second kappa shape index (κ2) is 15.7. The molecule has 15 heteroatoms. The maximum Gasteiger partial charge on any atom is 0.255 e. The van der Waals surface area contributed by atoms with Crippen LogP contribution in [0, 0.1) is 11.7 Å². The molecule has 6 aliphatic rings. The molecule has 6 heterocycles. The molecule has 3 saturated heterocycles. The SMILES string of the molecule is C[C@H]1CN(c2cc(-c3n[nH]c4ccc(OC5(C)CC5)cc34)ncn2)CCN1CC1CCC(OC2CCN(c3ccc4c(c3F)CN(C3CCC(=O)NC3=O)C4=O)CC2)CC1. The zero-order valence-corrected chi connectivity index (χ0v) is 34.5. The summed E-state index contributed by atoms with van der Waals surface area (Å²) in [5.74, 6) is 0.844. The van der Waals surface area contributed by atoms with Gasteiger partial charge < -0.3 is 24.2 Å². The van der Waals surface area contributed by atoms with Crippen molar-refractivity contribution in [2.45, 2.75) is 114 Å². The number of carbonyl (C=O) groups excluding carboxylic acids is 3. The lowest BCUT2D eigenvalue weighted by molar-refractivity contribution is -0.136. The molecule has 4 aliphatic heterocycles. The van der Waals surface area contributed by atoms with Gasteiger partial charge in [-0.3, -0.25) is 29.7 Å². The largest absolute Gasteiger partial charge is 0.488 e. The molecule has 2 aliphatic carbocycles. The Balaban J connectivity index is 0.679. The Labute approximate surface area is 349 Å². The highest BCUT2D eigenvalue weighted by atomic mass is 19.1. The molecule has 2 aromatic carbocycles. The van der Waals surface area contributed by atoms with Crippen LogP contribution in [0.1, 0.15) is 94.0 Å². The molecule has 60 heavy (non-hydrogen) atoms. The van der Waals surface area contributed by atoms with E-state index in [2.05, 4.69) is 66.2 Å². The second-order valence-electron chi connectivity index (χ2n) is 18.2. The lowest BCUT2D eigenvalue weighted by Crippen LogP contribution is -2.53. The summed E-state index contributed by atoms with van der Waals surface area (Å²) in [5, 5.41) is 11.1. The fourth-order valence-corrected chi connectivity index (χ4v) is 10.1. The molecule has 0 radical (unpaired) electrons. The molecule has 2 saturated carbocycles. The fourth-order valence-electron chi connectivity index (χ4n) is 10.1. The molecule has 3 amide bonds. The highest BCUT2D eigenvalue weighted by Gasteiger charge is 2.42. The van der Waals surface area contributed by atoms with Gasteiger partial charge in [0.1, 0.15) is 35.2 Å². The van der Waals surface area contributed by atoms with E-state index in [-0.39, 0.29) is 49.0 Å². The summed E-state index contributed by atoms with van der Waals surface area (Å²) < 4.78 is 28.9. The molecule has 2 N–H and O–H groups in total. The number of ether oxygens (including phenoxy) is 2. The van der Waals surface area contributed by atoms with Gasteiger partial charge in [0.25, 0.3) is 5.91 Å². The number of nitrogens with one attached hydrogen (secondary N) is 2. The molecular weight excluding hydrogens is 766 g/mol. The average Bonchev–Trinajstić information content (AvgIpc) is 3.66. The van der Waals surface area contributed by atoms with Crippen LogP contribution in [-0.2, 0) is 20.9 Å². The van der Waals surface area contributed by atoms with Crippen molar-refractivity contribution in [1.82, 2.24) is 35.3 Å². The number of rotatable bonds is 10. The van der Waals surface area contributed by atoms with Gasteiger partial charge in [0.05, 0.1) is 35.7 Å². The number of carbonyl (C=O) groups is 3. The Kier molecular flexibility index (Phi) is 10.2. The first kappa shape index (κ1) is 39.0. The van der Waals surface area contributed by atoms with Gasteiger partial charge in [0.2, 0.25) is 11.8 Å². The van der Waals surface area contributed by atoms with Crippen LogP contribution in [0.25, 0.3) is 22.3 Å². The van der Waals surface area contributed by atoms with Crippen LogP contribution in [0.5, 0.6) is 5.75 Å². The molecule has 5 fully saturated rings. The summed E-state index contributed by atoms with van der Waals surface area (Å²) in [7, 11) is 0. The minimum absolute atomic E-state index is 0.0315. The summed E-state index contributed by atoms with van der Waals surface area (Å²) in [5.41, 5.74) is 3.63. The van der Waals surface area contributed by atoms with Gasteiger partial charge >= 0.3 is 0 Å². The molecule has 4 aromatic rings. The monoisotopic (exact) mass is 819 g/mol. The third-order valence-electron chi connectivity index (χ3n) is 13.9. The summed E-state index contributed by atoms with van der Waals surface area (Å²) in [4.78, 5) is 55.0. The van der Waals surface area contributed by atoms with Crippen LogP contribution in [0.2, 0.25) is 0 Å². The first-order valence-electron chi connectivity index (χ1n) is 21.9. The normalized spacial score (nSPS) is 26.1. The Morgan fingerprint density at radius 1 is 0.900 bits per heavy atom. The maximum absolute atomic E-state index is 16.0. The number of imide groups is 1. The van der Waals surface area contributed by atoms with E-state index in [1.54, 1.807) is 18.5 Å². The van der Waals surface area contributed by atoms with Crippen LogP contribution in [0.4, 0.5) is 15.9 Å². The van der Waals surface area contributed by atoms with Crippen molar-refractivity contribution in [2.75, 3.05) is 49.1 Å². The summed E-state index contributed by atoms with van der Waals surface area (Å²) in [6.45, 7) is 9.75. The first-order chi connectivity index (χ1) is 29.1. The highest BCUT2D eigenvalue weighted by molar-refractivity contribution is 6.05. The number of aromatic amines is 1. The van der Waals surface area contributed by atoms with E-state index in [4.69, 9.17) is 9.47 Å². The molecule has 1 unspecified atom stereocenters. The predicted octanol–water partition coefficient (Wildman–Crippen LogP) is 5.61. The van der Waals surface area contributed by atoms with Crippen LogP contribution in [0.3, 0.4) is 0 Å². The van der Waals surface area contributed by atoms with Crippen LogP contribution in [0.15, 0.2) is 42.7 Å². The Bertz CT molecular complexity index is 2300. The van der Waals surface area contributed by atoms with Crippen LogP contribution >= 0.6 is 0 Å². The molecule has 0 bridgehead atoms. The molecule has 10 rings (SSSR count). The summed E-state index contributed by atoms with van der Waals surface area (Å²) in [6, 6.07) is 11.2. The standard InChI is InChI=1S/C45H54FN9O5/c1-27-23-54(39-22-36(47-26-48-39)42-33-21-31(60-45(2)15-16-45)7-9-35(33)50-51-42)20-19-53(27)24-28-3-5-29(6-4-28)59-30-13-17-52(18-14-30)37-10-8-32-34(41(37)46)25-55(44(32)58)38-11-12-40(56)49-43(38)57/h7-10,21-22,26-30,38H,3-6,11-20,23-25H2,1-2H3,(H,50,51)(H,49,56,57)/t27-,28?,29?,38?/m0/s1. The number of benzene rings is 2. The third-order valence-corrected chi connectivity index (χ3v) is 13.9. The minimum atomic E-state index is -0.764. The van der Waals surface area contributed by atoms with Crippen molar-refractivity contribution in [3.8, 4) is 17.1 Å². The number of hydrogen-bond donors (Lipinski definition) is 2. The third kappa shape index (κ3) is 7.70. The number of aromatic nitrogens is 4. The van der Waals surface area contributed by atoms with E-state index in [1.807, 2.05) is 12.1 Å². The quantitative estimate of drug-likeness (QED) is 0.193. The van der Waals surface area contributed by atoms with Gasteiger partial charge in [-0.2, -0.15) is 5.10 Å². The molecule has 316 valence electrons. The Hall–Kier alpha value is -5.15. The van der Waals surface area contributed by atoms with Crippen molar-refractivity contribution in [3.63, 3.8) is 0 Å². The summed E-state index contributed by atoms with van der Waals surface area (Å²) >= 11 is 0. The van der Waals surface area contributed by atoms with Gasteiger partial charge in [0, 0.05) is 74.3 Å². The highest BCUT2D eigenvalue weighted by Crippen LogP contribution is 2.41. The van der Waals surface area contributed by atoms with Gasteiger partial charge in [0.15, 0.2) is 5.82 Å². The van der Waals surface area contributed by atoms with E-state index in [0.29, 0.717) is 41.9 Å². The second-order valence-corrected chi connectivity index (χ2v) is 18.2. The van der Waals surface area contributed by atoms with Crippen molar-refractivity contribution in [1.29, 1.82) is 0 Å². The number of piperidine rings is 2. The predicted molar refractivity (Wildman–Crippen MR) is 223 cm³/mol. The number of hydrogen-bond acceptors (Lipinski definition) is 11. The van der Waals surface area contributed by atoms with Gasteiger partial charge in [-0.05, 0) is 108 Å². The molecule has 2 aromatic heterocycles. The molecular formula is C45H54FN9O5. The van der Waals surface area contributed by atoms with E-state index in [0.717, 1.165) is 111 Å². The van der Waals surface area contributed by atoms with Gasteiger partial charge in [-0.1, -0.05) is 0 Å². The van der Waals surface area contributed by atoms with E-state index >= 15 is 4.39 Å². The minimum Gasteiger partial charge on any atom is -0.488 e. The van der Waals surface area contributed by atoms with Crippen LogP contribution in [-0.4, -0.2) is 117 Å². The number of piperazine rings is 1. The number of H-pyrrole nitrogens is 1. The average molecular weight is 820 g/mol. The first-order valence-corrected chi connectivity index (χ1v) is 21.9. The van der Waals surface area contributed by atoms with Crippen molar-refractivity contribution >= 4 is 40.1 Å². The Morgan fingerprint density at radius 3 is 2.47 bits per heavy atom. The van der Waals surface area contributed by atoms with Crippen molar-refractivity contribution in [3.05, 3.63) is 59.7 Å². The van der Waals surface area contributed by atoms with Crippen molar-refractivity contribution in [2.24, 2.45) is 5.92 Å². The van der Waals surface area contributed by atoms with E-state index in [1.165, 1.54) is 4.90 Å². The van der Waals surface area contributed by atoms with Gasteiger partial charge in [-0.15, -0.1) is 0 Å². The lowest BCUT2D eigenvalue weighted by atomic mass is 9.86. The lowest BCUT2D eigenvalue weighted by Gasteiger charge is -2.43. The topological polar surface area (TPSA) is 149 Å². The number of halogens is 1. The van der Waals surface area contributed by atoms with Crippen LogP contribution < -0.4 is 19.9 Å². The summed E-state index contributed by atoms with van der Waals surface area (Å²) in [6.07, 6.45) is 10.7. The smallest absolute Gasteiger partial charge is 0.255 e. The van der Waals surface area contributed by atoms with Gasteiger partial charge in [-0.25, -0.2) is 14.4 Å². The maximum atomic E-state index is 16.0. The molecule has 0 spiro atoms. The zero-order valence-electron chi connectivity index (χ0n) is 34.5. The number of anilines is 2. The Morgan fingerprint density at radius 2 is 1.70 bits per heavy atom. The molecule has 2 atom stereocenters. The zero-order chi connectivity index (χ0) is 41.1. The van der Waals surface area contributed by atoms with Crippen molar-refractivity contribution < 1.29 is 28.2 Å². The van der Waals surface area contributed by atoms with E-state index in [9.17, 15) is 14.4 Å². The number of fused-ring (bicyclic) bond motifs is 2. The van der Waals surface area contributed by atoms with E-state index < -0.39 is 17.8 Å².